The average molecular weight is 329 g/mol. The average Bonchev–Trinajstić information content (AvgIpc) is 2.96. The van der Waals surface area contributed by atoms with Crippen LogP contribution in [-0.4, -0.2) is 25.1 Å². The van der Waals surface area contributed by atoms with Crippen molar-refractivity contribution in [3.63, 3.8) is 0 Å². The van der Waals surface area contributed by atoms with E-state index >= 15 is 0 Å². The number of ether oxygens (including phenoxy) is 2. The van der Waals surface area contributed by atoms with Crippen LogP contribution in [0.4, 0.5) is 10.5 Å². The van der Waals surface area contributed by atoms with Gasteiger partial charge in [-0.15, -0.1) is 11.8 Å². The Bertz CT molecular complexity index is 675. The lowest BCUT2D eigenvalue weighted by Gasteiger charge is -2.08. The number of hydrogen-bond acceptors (Lipinski definition) is 4. The third-order valence-corrected chi connectivity index (χ3v) is 4.90. The van der Waals surface area contributed by atoms with Gasteiger partial charge in [-0.2, -0.15) is 0 Å². The first-order valence-corrected chi connectivity index (χ1v) is 8.39. The Morgan fingerprint density at radius 3 is 2.87 bits per heavy atom. The molecular formula is C18H19NO3S. The number of amides is 1. The zero-order valence-corrected chi connectivity index (χ0v) is 13.8. The molecule has 0 aliphatic carbocycles. The van der Waals surface area contributed by atoms with E-state index in [9.17, 15) is 4.79 Å². The molecule has 23 heavy (non-hydrogen) atoms. The van der Waals surface area contributed by atoms with E-state index in [1.807, 2.05) is 60.3 Å². The molecular weight excluding hydrogens is 310 g/mol. The number of rotatable bonds is 5. The van der Waals surface area contributed by atoms with Gasteiger partial charge in [-0.05, 0) is 35.7 Å². The van der Waals surface area contributed by atoms with Gasteiger partial charge in [0.05, 0.1) is 6.61 Å². The van der Waals surface area contributed by atoms with Crippen molar-refractivity contribution in [1.29, 1.82) is 0 Å². The van der Waals surface area contributed by atoms with Crippen LogP contribution in [0.15, 0.2) is 53.4 Å². The molecule has 1 heterocycles. The Morgan fingerprint density at radius 2 is 2.09 bits per heavy atom. The van der Waals surface area contributed by atoms with Gasteiger partial charge in [0, 0.05) is 22.9 Å². The summed E-state index contributed by atoms with van der Waals surface area (Å²) in [6.07, 6.45) is 0.524. The van der Waals surface area contributed by atoms with E-state index in [1.54, 1.807) is 7.11 Å². The first kappa shape index (κ1) is 15.9. The second-order valence-electron chi connectivity index (χ2n) is 5.41. The molecule has 5 heteroatoms. The monoisotopic (exact) mass is 329 g/mol. The fourth-order valence-corrected chi connectivity index (χ4v) is 3.82. The number of thioether (sulfide) groups is 1. The highest BCUT2D eigenvalue weighted by Crippen LogP contribution is 2.38. The van der Waals surface area contributed by atoms with Crippen LogP contribution in [0.25, 0.3) is 0 Å². The smallest absolute Gasteiger partial charge is 0.411 e. The number of hydrogen-bond donors (Lipinski definition) is 1. The van der Waals surface area contributed by atoms with Gasteiger partial charge in [0.2, 0.25) is 0 Å². The van der Waals surface area contributed by atoms with Crippen LogP contribution in [0.5, 0.6) is 0 Å². The molecule has 0 radical (unpaired) electrons. The lowest BCUT2D eigenvalue weighted by atomic mass is 10.1. The quantitative estimate of drug-likeness (QED) is 0.897. The first-order valence-electron chi connectivity index (χ1n) is 7.51. The Labute approximate surface area is 140 Å². The number of carbonyl (C=O) groups excluding carboxylic acids is 1. The summed E-state index contributed by atoms with van der Waals surface area (Å²) < 4.78 is 10.5. The third kappa shape index (κ3) is 4.27. The van der Waals surface area contributed by atoms with Crippen LogP contribution in [0, 0.1) is 0 Å². The van der Waals surface area contributed by atoms with Gasteiger partial charge in [0.15, 0.2) is 0 Å². The maximum absolute atomic E-state index is 11.9. The normalized spacial score (nSPS) is 16.0. The minimum absolute atomic E-state index is 0.267. The van der Waals surface area contributed by atoms with Crippen molar-refractivity contribution in [2.45, 2.75) is 23.2 Å². The van der Waals surface area contributed by atoms with Gasteiger partial charge in [-0.1, -0.05) is 30.3 Å². The summed E-state index contributed by atoms with van der Waals surface area (Å²) in [5.41, 5.74) is 2.98. The molecule has 3 rings (SSSR count). The maximum atomic E-state index is 11.9. The molecule has 120 valence electrons. The first-order chi connectivity index (χ1) is 11.2. The third-order valence-electron chi connectivity index (χ3n) is 3.61. The Balaban J connectivity index is 1.55. The number of anilines is 1. The van der Waals surface area contributed by atoms with Gasteiger partial charge < -0.3 is 9.47 Å². The van der Waals surface area contributed by atoms with Crippen LogP contribution >= 0.6 is 11.8 Å². The van der Waals surface area contributed by atoms with Gasteiger partial charge >= 0.3 is 6.09 Å². The van der Waals surface area contributed by atoms with Gasteiger partial charge in [-0.3, -0.25) is 5.32 Å². The van der Waals surface area contributed by atoms with Gasteiger partial charge in [-0.25, -0.2) is 4.79 Å². The summed E-state index contributed by atoms with van der Waals surface area (Å²) >= 11 is 1.83. The molecule has 1 aliphatic rings. The maximum Gasteiger partial charge on any atom is 0.411 e. The summed E-state index contributed by atoms with van der Waals surface area (Å²) in [5.74, 6) is 0. The zero-order valence-electron chi connectivity index (χ0n) is 13.0. The Hall–Kier alpha value is -1.98. The molecule has 2 aromatic rings. The predicted octanol–water partition coefficient (Wildman–Crippen LogP) is 4.10. The highest BCUT2D eigenvalue weighted by atomic mass is 32.2. The topological polar surface area (TPSA) is 47.6 Å². The predicted molar refractivity (Wildman–Crippen MR) is 91.9 cm³/mol. The van der Waals surface area contributed by atoms with Crippen molar-refractivity contribution in [2.24, 2.45) is 0 Å². The Morgan fingerprint density at radius 1 is 1.26 bits per heavy atom. The molecule has 1 aliphatic heterocycles. The minimum Gasteiger partial charge on any atom is -0.444 e. The lowest BCUT2D eigenvalue weighted by Crippen LogP contribution is -2.13. The van der Waals surface area contributed by atoms with Crippen LogP contribution in [0.2, 0.25) is 0 Å². The molecule has 0 fully saturated rings. The van der Waals surface area contributed by atoms with E-state index in [-0.39, 0.29) is 6.61 Å². The summed E-state index contributed by atoms with van der Waals surface area (Å²) in [4.78, 5) is 13.2. The molecule has 0 saturated heterocycles. The molecule has 1 N–H and O–H groups in total. The van der Waals surface area contributed by atoms with Gasteiger partial charge in [0.1, 0.15) is 6.61 Å². The number of carbonyl (C=O) groups is 1. The highest BCUT2D eigenvalue weighted by molar-refractivity contribution is 8.00. The minimum atomic E-state index is -0.437. The largest absolute Gasteiger partial charge is 0.444 e. The van der Waals surface area contributed by atoms with E-state index in [1.165, 1.54) is 10.5 Å². The fraction of sp³-hybridized carbons (Fsp3) is 0.278. The molecule has 1 unspecified atom stereocenters. The van der Waals surface area contributed by atoms with Crippen LogP contribution in [0.3, 0.4) is 0 Å². The second kappa shape index (κ2) is 7.53. The number of methoxy groups -OCH3 is 1. The molecule has 4 nitrogen and oxygen atoms in total. The molecule has 2 aromatic carbocycles. The summed E-state index contributed by atoms with van der Waals surface area (Å²) in [7, 11) is 1.72. The molecule has 0 saturated carbocycles. The molecule has 0 aromatic heterocycles. The summed E-state index contributed by atoms with van der Waals surface area (Å²) in [6, 6.07) is 15.6. The number of nitrogens with one attached hydrogen (secondary N) is 1. The molecule has 0 bridgehead atoms. The van der Waals surface area contributed by atoms with Crippen molar-refractivity contribution >= 4 is 23.5 Å². The standard InChI is InChI=1S/C18H19NO3S/c1-21-12-16-10-14-9-15(7-8-17(14)23-16)19-18(20)22-11-13-5-3-2-4-6-13/h2-9,16H,10-12H2,1H3,(H,19,20). The van der Waals surface area contributed by atoms with Crippen LogP contribution in [0.1, 0.15) is 11.1 Å². The highest BCUT2D eigenvalue weighted by Gasteiger charge is 2.22. The van der Waals surface area contributed by atoms with Crippen molar-refractivity contribution < 1.29 is 14.3 Å². The summed E-state index contributed by atoms with van der Waals surface area (Å²) in [5, 5.41) is 3.24. The van der Waals surface area contributed by atoms with Crippen molar-refractivity contribution in [3.8, 4) is 0 Å². The zero-order chi connectivity index (χ0) is 16.1. The Kier molecular flexibility index (Phi) is 5.20. The van der Waals surface area contributed by atoms with Crippen molar-refractivity contribution in [1.82, 2.24) is 0 Å². The second-order valence-corrected chi connectivity index (χ2v) is 6.75. The fourth-order valence-electron chi connectivity index (χ4n) is 2.55. The van der Waals surface area contributed by atoms with Crippen LogP contribution in [-0.2, 0) is 22.5 Å². The van der Waals surface area contributed by atoms with E-state index in [0.29, 0.717) is 5.25 Å². The molecule has 1 atom stereocenters. The molecule has 1 amide bonds. The van der Waals surface area contributed by atoms with Gasteiger partial charge in [0.25, 0.3) is 0 Å². The lowest BCUT2D eigenvalue weighted by molar-refractivity contribution is 0.155. The van der Waals surface area contributed by atoms with Crippen LogP contribution < -0.4 is 5.32 Å². The summed E-state index contributed by atoms with van der Waals surface area (Å²) in [6.45, 7) is 1.00. The SMILES string of the molecule is COCC1Cc2cc(NC(=O)OCc3ccccc3)ccc2S1. The number of benzene rings is 2. The van der Waals surface area contributed by atoms with E-state index in [0.717, 1.165) is 24.3 Å². The van der Waals surface area contributed by atoms with Crippen molar-refractivity contribution in [3.05, 3.63) is 59.7 Å². The molecule has 0 spiro atoms. The number of fused-ring (bicyclic) bond motifs is 1. The van der Waals surface area contributed by atoms with E-state index in [4.69, 9.17) is 9.47 Å². The van der Waals surface area contributed by atoms with E-state index < -0.39 is 6.09 Å². The van der Waals surface area contributed by atoms with E-state index in [2.05, 4.69) is 5.32 Å². The van der Waals surface area contributed by atoms with Crippen molar-refractivity contribution in [2.75, 3.05) is 19.0 Å².